The summed E-state index contributed by atoms with van der Waals surface area (Å²) in [6, 6.07) is 3.31. The summed E-state index contributed by atoms with van der Waals surface area (Å²) in [7, 11) is -2.25. The van der Waals surface area contributed by atoms with E-state index in [2.05, 4.69) is 4.72 Å². The molecule has 0 bridgehead atoms. The largest absolute Gasteiger partial charge is 0.481 e. The Morgan fingerprint density at radius 1 is 1.53 bits per heavy atom. The van der Waals surface area contributed by atoms with Gasteiger partial charge < -0.3 is 9.84 Å². The summed E-state index contributed by atoms with van der Waals surface area (Å²) >= 11 is 1.21. The molecule has 0 aliphatic heterocycles. The SMILES string of the molecule is CCc1ccc(S(=O)(=O)NCC(CC(=O)O)OC)s1. The van der Waals surface area contributed by atoms with Gasteiger partial charge in [0.25, 0.3) is 0 Å². The number of aliphatic carboxylic acids is 1. The zero-order valence-corrected chi connectivity index (χ0v) is 12.4. The molecule has 2 N–H and O–H groups in total. The van der Waals surface area contributed by atoms with Crippen molar-refractivity contribution in [3.05, 3.63) is 17.0 Å². The molecule has 108 valence electrons. The lowest BCUT2D eigenvalue weighted by Crippen LogP contribution is -2.34. The van der Waals surface area contributed by atoms with E-state index < -0.39 is 22.1 Å². The van der Waals surface area contributed by atoms with Crippen molar-refractivity contribution < 1.29 is 23.1 Å². The van der Waals surface area contributed by atoms with Gasteiger partial charge in [-0.25, -0.2) is 13.1 Å². The average molecular weight is 307 g/mol. The number of rotatable bonds is 8. The molecule has 0 aliphatic carbocycles. The molecule has 0 fully saturated rings. The number of nitrogens with one attached hydrogen (secondary N) is 1. The summed E-state index contributed by atoms with van der Waals surface area (Å²) in [4.78, 5) is 11.5. The minimum absolute atomic E-state index is 0.0650. The maximum Gasteiger partial charge on any atom is 0.306 e. The third kappa shape index (κ3) is 4.90. The highest BCUT2D eigenvalue weighted by atomic mass is 32.2. The molecule has 0 aromatic carbocycles. The summed E-state index contributed by atoms with van der Waals surface area (Å²) in [6.45, 7) is 1.88. The van der Waals surface area contributed by atoms with Crippen molar-refractivity contribution in [2.45, 2.75) is 30.1 Å². The summed E-state index contributed by atoms with van der Waals surface area (Å²) in [5.74, 6) is -1.03. The third-order valence-electron chi connectivity index (χ3n) is 2.49. The van der Waals surface area contributed by atoms with Crippen molar-refractivity contribution in [2.75, 3.05) is 13.7 Å². The van der Waals surface area contributed by atoms with Crippen LogP contribution in [0.25, 0.3) is 0 Å². The minimum atomic E-state index is -3.59. The first kappa shape index (κ1) is 16.1. The van der Waals surface area contributed by atoms with Crippen LogP contribution in [0, 0.1) is 0 Å². The number of methoxy groups -OCH3 is 1. The van der Waals surface area contributed by atoms with Crippen LogP contribution in [0.1, 0.15) is 18.2 Å². The molecule has 0 aliphatic rings. The number of ether oxygens (including phenoxy) is 1. The minimum Gasteiger partial charge on any atom is -0.481 e. The lowest BCUT2D eigenvalue weighted by molar-refractivity contribution is -0.139. The van der Waals surface area contributed by atoms with Crippen LogP contribution in [0.15, 0.2) is 16.3 Å². The highest BCUT2D eigenvalue weighted by molar-refractivity contribution is 7.91. The van der Waals surface area contributed by atoms with Gasteiger partial charge in [-0.2, -0.15) is 0 Å². The van der Waals surface area contributed by atoms with Crippen molar-refractivity contribution in [1.29, 1.82) is 0 Å². The van der Waals surface area contributed by atoms with E-state index in [0.717, 1.165) is 11.3 Å². The smallest absolute Gasteiger partial charge is 0.306 e. The van der Waals surface area contributed by atoms with Gasteiger partial charge >= 0.3 is 5.97 Å². The first-order valence-electron chi connectivity index (χ1n) is 5.72. The number of carboxylic acid groups (broad SMARTS) is 1. The Bertz CT molecular complexity index is 523. The van der Waals surface area contributed by atoms with Crippen LogP contribution < -0.4 is 4.72 Å². The molecule has 1 aromatic heterocycles. The van der Waals surface area contributed by atoms with Gasteiger partial charge in [0.1, 0.15) is 4.21 Å². The number of hydrogen-bond donors (Lipinski definition) is 2. The second kappa shape index (κ2) is 6.99. The van der Waals surface area contributed by atoms with Gasteiger partial charge in [0.2, 0.25) is 10.0 Å². The molecule has 1 rings (SSSR count). The van der Waals surface area contributed by atoms with Gasteiger partial charge in [-0.1, -0.05) is 6.92 Å². The molecule has 0 saturated heterocycles. The van der Waals surface area contributed by atoms with Crippen LogP contribution in [-0.2, 0) is 26.0 Å². The molecule has 6 nitrogen and oxygen atoms in total. The van der Waals surface area contributed by atoms with Crippen LogP contribution in [-0.4, -0.2) is 39.3 Å². The maximum absolute atomic E-state index is 12.0. The molecular weight excluding hydrogens is 290 g/mol. The lowest BCUT2D eigenvalue weighted by Gasteiger charge is -2.13. The standard InChI is InChI=1S/C11H17NO5S2/c1-3-9-4-5-11(18-9)19(15,16)12-7-8(17-2)6-10(13)14/h4-5,8,12H,3,6-7H2,1-2H3,(H,13,14). The first-order valence-corrected chi connectivity index (χ1v) is 8.02. The summed E-state index contributed by atoms with van der Waals surface area (Å²) < 4.78 is 31.4. The van der Waals surface area contributed by atoms with Crippen LogP contribution in [0.2, 0.25) is 0 Å². The van der Waals surface area contributed by atoms with Gasteiger partial charge in [-0.15, -0.1) is 11.3 Å². The Morgan fingerprint density at radius 2 is 2.21 bits per heavy atom. The van der Waals surface area contributed by atoms with E-state index in [4.69, 9.17) is 9.84 Å². The summed E-state index contributed by atoms with van der Waals surface area (Å²) in [6.07, 6.45) is -0.151. The summed E-state index contributed by atoms with van der Waals surface area (Å²) in [5.41, 5.74) is 0. The van der Waals surface area contributed by atoms with Crippen LogP contribution >= 0.6 is 11.3 Å². The van der Waals surface area contributed by atoms with Crippen molar-refractivity contribution in [3.63, 3.8) is 0 Å². The predicted octanol–water partition coefficient (Wildman–Crippen LogP) is 1.08. The Morgan fingerprint density at radius 3 is 2.68 bits per heavy atom. The molecule has 0 saturated carbocycles. The second-order valence-electron chi connectivity index (χ2n) is 3.88. The predicted molar refractivity (Wildman–Crippen MR) is 71.9 cm³/mol. The Hall–Kier alpha value is -0.960. The fraction of sp³-hybridized carbons (Fsp3) is 0.545. The van der Waals surface area contributed by atoms with E-state index in [1.54, 1.807) is 12.1 Å². The molecule has 1 aromatic rings. The Balaban J connectivity index is 2.66. The fourth-order valence-electron chi connectivity index (χ4n) is 1.40. The second-order valence-corrected chi connectivity index (χ2v) is 7.04. The molecule has 19 heavy (non-hydrogen) atoms. The molecule has 1 atom stereocenters. The van der Waals surface area contributed by atoms with Gasteiger partial charge in [-0.05, 0) is 18.6 Å². The highest BCUT2D eigenvalue weighted by Crippen LogP contribution is 2.21. The molecule has 0 amide bonds. The number of hydrogen-bond acceptors (Lipinski definition) is 5. The molecule has 1 unspecified atom stereocenters. The van der Waals surface area contributed by atoms with Crippen LogP contribution in [0.3, 0.4) is 0 Å². The average Bonchev–Trinajstić information content (AvgIpc) is 2.83. The summed E-state index contributed by atoms with van der Waals surface area (Å²) in [5, 5.41) is 8.64. The fourth-order valence-corrected chi connectivity index (χ4v) is 3.81. The van der Waals surface area contributed by atoms with E-state index in [1.165, 1.54) is 18.4 Å². The van der Waals surface area contributed by atoms with Crippen LogP contribution in [0.4, 0.5) is 0 Å². The maximum atomic E-state index is 12.0. The van der Waals surface area contributed by atoms with Gasteiger partial charge in [-0.3, -0.25) is 4.79 Å². The zero-order valence-electron chi connectivity index (χ0n) is 10.8. The Kier molecular flexibility index (Phi) is 5.92. The van der Waals surface area contributed by atoms with E-state index in [9.17, 15) is 13.2 Å². The van der Waals surface area contributed by atoms with E-state index in [1.807, 2.05) is 6.92 Å². The van der Waals surface area contributed by atoms with E-state index in [0.29, 0.717) is 0 Å². The number of sulfonamides is 1. The Labute approximate surface area is 116 Å². The molecule has 0 radical (unpaired) electrons. The number of aryl methyl sites for hydroxylation is 1. The van der Waals surface area contributed by atoms with Gasteiger partial charge in [0, 0.05) is 18.5 Å². The van der Waals surface area contributed by atoms with E-state index in [-0.39, 0.29) is 17.2 Å². The molecule has 8 heteroatoms. The third-order valence-corrected chi connectivity index (χ3v) is 5.63. The lowest BCUT2D eigenvalue weighted by atomic mass is 10.2. The molecule has 1 heterocycles. The van der Waals surface area contributed by atoms with Crippen LogP contribution in [0.5, 0.6) is 0 Å². The van der Waals surface area contributed by atoms with Crippen molar-refractivity contribution >= 4 is 27.3 Å². The number of carbonyl (C=O) groups is 1. The first-order chi connectivity index (χ1) is 8.89. The van der Waals surface area contributed by atoms with E-state index >= 15 is 0 Å². The van der Waals surface area contributed by atoms with Gasteiger partial charge in [0.05, 0.1) is 12.5 Å². The normalized spacial score (nSPS) is 13.4. The van der Waals surface area contributed by atoms with Crippen molar-refractivity contribution in [3.8, 4) is 0 Å². The molecular formula is C11H17NO5S2. The number of thiophene rings is 1. The monoisotopic (exact) mass is 307 g/mol. The zero-order chi connectivity index (χ0) is 14.5. The molecule has 0 spiro atoms. The van der Waals surface area contributed by atoms with Gasteiger partial charge in [0.15, 0.2) is 0 Å². The number of carboxylic acids is 1. The topological polar surface area (TPSA) is 92.7 Å². The highest BCUT2D eigenvalue weighted by Gasteiger charge is 2.20. The van der Waals surface area contributed by atoms with Crippen molar-refractivity contribution in [2.24, 2.45) is 0 Å². The van der Waals surface area contributed by atoms with Crippen molar-refractivity contribution in [1.82, 2.24) is 4.72 Å². The quantitative estimate of drug-likeness (QED) is 0.749.